The maximum absolute atomic E-state index is 11.5. The summed E-state index contributed by atoms with van der Waals surface area (Å²) in [7, 11) is 0. The third kappa shape index (κ3) is 5.56. The van der Waals surface area contributed by atoms with Gasteiger partial charge < -0.3 is 10.5 Å². The number of anilines is 2. The fraction of sp³-hybridized carbons (Fsp3) is 0.292. The highest BCUT2D eigenvalue weighted by Crippen LogP contribution is 2.25. The van der Waals surface area contributed by atoms with Gasteiger partial charge in [-0.2, -0.15) is 0 Å². The van der Waals surface area contributed by atoms with Crippen LogP contribution in [0, 0.1) is 13.8 Å². The Labute approximate surface area is 177 Å². The Morgan fingerprint density at radius 2 is 1.83 bits per heavy atom. The zero-order valence-corrected chi connectivity index (χ0v) is 17.7. The molecule has 6 nitrogen and oxygen atoms in total. The molecule has 0 atom stereocenters. The second kappa shape index (κ2) is 9.87. The third-order valence-corrected chi connectivity index (χ3v) is 5.05. The van der Waals surface area contributed by atoms with E-state index in [0.29, 0.717) is 12.6 Å². The second-order valence-corrected chi connectivity index (χ2v) is 7.25. The Bertz CT molecular complexity index is 1020. The van der Waals surface area contributed by atoms with Crippen molar-refractivity contribution in [3.63, 3.8) is 0 Å². The number of aryl methyl sites for hydroxylation is 3. The summed E-state index contributed by atoms with van der Waals surface area (Å²) in [5.41, 5.74) is 13.2. The summed E-state index contributed by atoms with van der Waals surface area (Å²) in [6, 6.07) is 16.0. The average molecular weight is 405 g/mol. The van der Waals surface area contributed by atoms with Crippen molar-refractivity contribution in [2.45, 2.75) is 40.0 Å². The third-order valence-electron chi connectivity index (χ3n) is 5.05. The number of rotatable bonds is 7. The van der Waals surface area contributed by atoms with Gasteiger partial charge in [0.15, 0.2) is 0 Å². The lowest BCUT2D eigenvalue weighted by Gasteiger charge is -2.10. The number of hydrogen-bond acceptors (Lipinski definition) is 5. The number of nitrogens with zero attached hydrogens (tertiary/aromatic N) is 2. The van der Waals surface area contributed by atoms with E-state index < -0.39 is 6.09 Å². The number of nitrogen functional groups attached to an aromatic ring is 1. The molecule has 0 aliphatic rings. The van der Waals surface area contributed by atoms with Crippen LogP contribution in [0.1, 0.15) is 35.7 Å². The Morgan fingerprint density at radius 3 is 2.57 bits per heavy atom. The zero-order chi connectivity index (χ0) is 21.5. The number of nitrogens with two attached hydrogens (primary N) is 1. The second-order valence-electron chi connectivity index (χ2n) is 7.25. The molecule has 3 aromatic rings. The lowest BCUT2D eigenvalue weighted by molar-refractivity contribution is 0.168. The summed E-state index contributed by atoms with van der Waals surface area (Å²) in [6.07, 6.45) is 2.22. The van der Waals surface area contributed by atoms with E-state index in [2.05, 4.69) is 41.3 Å². The van der Waals surface area contributed by atoms with Crippen molar-refractivity contribution in [1.29, 1.82) is 0 Å². The molecule has 1 amide bonds. The monoisotopic (exact) mass is 404 g/mol. The van der Waals surface area contributed by atoms with E-state index in [0.717, 1.165) is 41.9 Å². The maximum Gasteiger partial charge on any atom is 0.411 e. The van der Waals surface area contributed by atoms with E-state index in [-0.39, 0.29) is 0 Å². The van der Waals surface area contributed by atoms with Crippen molar-refractivity contribution in [2.75, 3.05) is 17.7 Å². The maximum atomic E-state index is 11.5. The lowest BCUT2D eigenvalue weighted by atomic mass is 10.00. The standard InChI is InChI=1S/C24H28N4O2/c1-4-30-24(29)27-19-13-11-18(12-14-19)8-6-9-20-15-22(28-23(25)26-20)21-10-5-7-16(2)17(21)3/h5,7,10-15H,4,6,8-9H2,1-3H3,(H,27,29)(H2,25,26,28). The first kappa shape index (κ1) is 21.3. The average Bonchev–Trinajstić information content (AvgIpc) is 2.71. The highest BCUT2D eigenvalue weighted by Gasteiger charge is 2.09. The highest BCUT2D eigenvalue weighted by molar-refractivity contribution is 5.84. The molecule has 30 heavy (non-hydrogen) atoms. The number of amides is 1. The van der Waals surface area contributed by atoms with E-state index >= 15 is 0 Å². The van der Waals surface area contributed by atoms with Gasteiger partial charge in [0, 0.05) is 16.9 Å². The largest absolute Gasteiger partial charge is 0.450 e. The summed E-state index contributed by atoms with van der Waals surface area (Å²) in [5.74, 6) is 0.304. The molecule has 0 unspecified atom stereocenters. The van der Waals surface area contributed by atoms with Gasteiger partial charge in [-0.25, -0.2) is 14.8 Å². The molecule has 0 saturated heterocycles. The van der Waals surface area contributed by atoms with Crippen LogP contribution in [0.3, 0.4) is 0 Å². The Kier molecular flexibility index (Phi) is 7.01. The van der Waals surface area contributed by atoms with Gasteiger partial charge in [0.05, 0.1) is 12.3 Å². The van der Waals surface area contributed by atoms with Crippen LogP contribution in [0.2, 0.25) is 0 Å². The predicted molar refractivity (Wildman–Crippen MR) is 120 cm³/mol. The smallest absolute Gasteiger partial charge is 0.411 e. The minimum Gasteiger partial charge on any atom is -0.450 e. The number of ether oxygens (including phenoxy) is 1. The quantitative estimate of drug-likeness (QED) is 0.573. The molecule has 0 saturated carbocycles. The summed E-state index contributed by atoms with van der Waals surface area (Å²) in [6.45, 7) is 6.32. The molecular weight excluding hydrogens is 376 g/mol. The van der Waals surface area contributed by atoms with Crippen LogP contribution >= 0.6 is 0 Å². The molecule has 0 fully saturated rings. The van der Waals surface area contributed by atoms with Gasteiger partial charge in [0.2, 0.25) is 5.95 Å². The number of hydrogen-bond donors (Lipinski definition) is 2. The fourth-order valence-electron chi connectivity index (χ4n) is 3.33. The van der Waals surface area contributed by atoms with Crippen molar-refractivity contribution in [3.8, 4) is 11.3 Å². The molecule has 1 heterocycles. The Morgan fingerprint density at radius 1 is 1.07 bits per heavy atom. The van der Waals surface area contributed by atoms with Crippen LogP contribution in [0.5, 0.6) is 0 Å². The first-order valence-electron chi connectivity index (χ1n) is 10.2. The van der Waals surface area contributed by atoms with Crippen LogP contribution in [0.4, 0.5) is 16.4 Å². The predicted octanol–water partition coefficient (Wildman–Crippen LogP) is 5.09. The number of carbonyl (C=O) groups is 1. The van der Waals surface area contributed by atoms with Gasteiger partial charge in [-0.3, -0.25) is 5.32 Å². The van der Waals surface area contributed by atoms with E-state index in [1.54, 1.807) is 6.92 Å². The van der Waals surface area contributed by atoms with Gasteiger partial charge in [0.25, 0.3) is 0 Å². The molecule has 0 radical (unpaired) electrons. The molecule has 6 heteroatoms. The topological polar surface area (TPSA) is 90.1 Å². The molecule has 0 aliphatic carbocycles. The molecule has 0 bridgehead atoms. The molecule has 2 aromatic carbocycles. The first-order chi connectivity index (χ1) is 14.5. The van der Waals surface area contributed by atoms with Gasteiger partial charge in [-0.1, -0.05) is 30.3 Å². The SMILES string of the molecule is CCOC(=O)Nc1ccc(CCCc2cc(-c3cccc(C)c3C)nc(N)n2)cc1. The van der Waals surface area contributed by atoms with E-state index in [9.17, 15) is 4.79 Å². The van der Waals surface area contributed by atoms with Crippen molar-refractivity contribution in [3.05, 3.63) is 70.9 Å². The van der Waals surface area contributed by atoms with Crippen LogP contribution in [0.25, 0.3) is 11.3 Å². The zero-order valence-electron chi connectivity index (χ0n) is 17.7. The van der Waals surface area contributed by atoms with E-state index in [4.69, 9.17) is 10.5 Å². The molecule has 156 valence electrons. The van der Waals surface area contributed by atoms with E-state index in [1.807, 2.05) is 36.4 Å². The lowest BCUT2D eigenvalue weighted by Crippen LogP contribution is -2.13. The van der Waals surface area contributed by atoms with E-state index in [1.165, 1.54) is 16.7 Å². The number of carbonyl (C=O) groups excluding carboxylic acids is 1. The molecule has 3 N–H and O–H groups in total. The van der Waals surface area contributed by atoms with Crippen LogP contribution < -0.4 is 11.1 Å². The molecule has 3 rings (SSSR count). The first-order valence-corrected chi connectivity index (χ1v) is 10.2. The van der Waals surface area contributed by atoms with Crippen molar-refractivity contribution < 1.29 is 9.53 Å². The molecule has 1 aromatic heterocycles. The van der Waals surface area contributed by atoms with Gasteiger partial charge in [-0.15, -0.1) is 0 Å². The van der Waals surface area contributed by atoms with Crippen LogP contribution in [-0.2, 0) is 17.6 Å². The Hall–Kier alpha value is -3.41. The summed E-state index contributed by atoms with van der Waals surface area (Å²) >= 11 is 0. The minimum atomic E-state index is -0.439. The molecule has 0 aliphatic heterocycles. The van der Waals surface area contributed by atoms with Crippen molar-refractivity contribution >= 4 is 17.7 Å². The number of nitrogens with one attached hydrogen (secondary N) is 1. The van der Waals surface area contributed by atoms with Gasteiger partial charge in [0.1, 0.15) is 0 Å². The van der Waals surface area contributed by atoms with Crippen molar-refractivity contribution in [2.24, 2.45) is 0 Å². The van der Waals surface area contributed by atoms with Gasteiger partial charge >= 0.3 is 6.09 Å². The Balaban J connectivity index is 1.62. The number of benzene rings is 2. The number of aromatic nitrogens is 2. The van der Waals surface area contributed by atoms with Crippen LogP contribution in [0.15, 0.2) is 48.5 Å². The highest BCUT2D eigenvalue weighted by atomic mass is 16.5. The summed E-state index contributed by atoms with van der Waals surface area (Å²) < 4.78 is 4.88. The minimum absolute atomic E-state index is 0.304. The van der Waals surface area contributed by atoms with Gasteiger partial charge in [-0.05, 0) is 74.9 Å². The van der Waals surface area contributed by atoms with Crippen molar-refractivity contribution in [1.82, 2.24) is 9.97 Å². The fourth-order valence-corrected chi connectivity index (χ4v) is 3.33. The summed E-state index contributed by atoms with van der Waals surface area (Å²) in [4.78, 5) is 20.3. The molecular formula is C24H28N4O2. The molecule has 0 spiro atoms. The van der Waals surface area contributed by atoms with Crippen LogP contribution in [-0.4, -0.2) is 22.7 Å². The summed E-state index contributed by atoms with van der Waals surface area (Å²) in [5, 5.41) is 2.70. The normalized spacial score (nSPS) is 10.6.